The van der Waals surface area contributed by atoms with Crippen LogP contribution in [0, 0.1) is 6.92 Å². The van der Waals surface area contributed by atoms with Crippen LogP contribution in [0.25, 0.3) is 5.65 Å². The van der Waals surface area contributed by atoms with Gasteiger partial charge in [-0.05, 0) is 43.4 Å². The van der Waals surface area contributed by atoms with Crippen LogP contribution in [0.5, 0.6) is 6.01 Å². The monoisotopic (exact) mass is 380 g/mol. The van der Waals surface area contributed by atoms with Gasteiger partial charge in [0.2, 0.25) is 5.95 Å². The standard InChI is InChI=1S/C21H28N6O/c1-14(2)18-13-24-27-19(18)25-21(28-17-9-6-10-22-12-17)26-20(27)23-11-16-8-5-4-7-15(16)3/h4-5,7-8,13-14,17,22H,6,9-12H2,1-3H3,(H,23,25,26)/t17-/m1/s1. The second-order valence-electron chi connectivity index (χ2n) is 7.69. The van der Waals surface area contributed by atoms with Crippen LogP contribution < -0.4 is 15.4 Å². The van der Waals surface area contributed by atoms with Crippen molar-refractivity contribution >= 4 is 11.6 Å². The Bertz CT molecular complexity index is 945. The number of fused-ring (bicyclic) bond motifs is 1. The van der Waals surface area contributed by atoms with Crippen molar-refractivity contribution in [2.24, 2.45) is 0 Å². The average molecular weight is 380 g/mol. The normalized spacial score (nSPS) is 17.2. The van der Waals surface area contributed by atoms with E-state index in [0.29, 0.717) is 24.4 Å². The van der Waals surface area contributed by atoms with Crippen molar-refractivity contribution in [3.63, 3.8) is 0 Å². The molecule has 1 fully saturated rings. The summed E-state index contributed by atoms with van der Waals surface area (Å²) in [5.74, 6) is 0.972. The van der Waals surface area contributed by atoms with Crippen molar-refractivity contribution in [2.75, 3.05) is 18.4 Å². The van der Waals surface area contributed by atoms with Crippen molar-refractivity contribution in [1.29, 1.82) is 0 Å². The SMILES string of the molecule is Cc1ccccc1CNc1nc(O[C@@H]2CCCNC2)nc2c(C(C)C)cnn12. The predicted molar refractivity (Wildman–Crippen MR) is 110 cm³/mol. The van der Waals surface area contributed by atoms with Crippen molar-refractivity contribution in [3.8, 4) is 6.01 Å². The molecule has 148 valence electrons. The number of rotatable bonds is 6. The van der Waals surface area contributed by atoms with Crippen LogP contribution in [0.4, 0.5) is 5.95 Å². The van der Waals surface area contributed by atoms with E-state index in [1.807, 2.05) is 12.3 Å². The lowest BCUT2D eigenvalue weighted by molar-refractivity contribution is 0.153. The fourth-order valence-corrected chi connectivity index (χ4v) is 3.50. The third-order valence-electron chi connectivity index (χ3n) is 5.22. The molecule has 1 aliphatic heterocycles. The summed E-state index contributed by atoms with van der Waals surface area (Å²) in [7, 11) is 0. The smallest absolute Gasteiger partial charge is 0.322 e. The maximum atomic E-state index is 6.12. The van der Waals surface area contributed by atoms with Crippen molar-refractivity contribution < 1.29 is 4.74 Å². The van der Waals surface area contributed by atoms with E-state index in [9.17, 15) is 0 Å². The number of benzene rings is 1. The molecule has 7 nitrogen and oxygen atoms in total. The molecule has 0 amide bonds. The Balaban J connectivity index is 1.65. The molecule has 0 radical (unpaired) electrons. The highest BCUT2D eigenvalue weighted by Crippen LogP contribution is 2.24. The second-order valence-corrected chi connectivity index (χ2v) is 7.69. The number of anilines is 1. The molecular formula is C21H28N6O. The Morgan fingerprint density at radius 3 is 2.89 bits per heavy atom. The van der Waals surface area contributed by atoms with Crippen LogP contribution in [0.15, 0.2) is 30.5 Å². The van der Waals surface area contributed by atoms with Gasteiger partial charge < -0.3 is 15.4 Å². The van der Waals surface area contributed by atoms with Crippen LogP contribution in [-0.2, 0) is 6.54 Å². The lowest BCUT2D eigenvalue weighted by Gasteiger charge is -2.23. The number of aryl methyl sites for hydroxylation is 1. The summed E-state index contributed by atoms with van der Waals surface area (Å²) in [5.41, 5.74) is 4.36. The van der Waals surface area contributed by atoms with E-state index in [0.717, 1.165) is 37.1 Å². The van der Waals surface area contributed by atoms with Crippen LogP contribution in [0.2, 0.25) is 0 Å². The number of hydrogen-bond donors (Lipinski definition) is 2. The number of aromatic nitrogens is 4. The van der Waals surface area contributed by atoms with E-state index in [-0.39, 0.29) is 6.10 Å². The van der Waals surface area contributed by atoms with Crippen LogP contribution in [0.3, 0.4) is 0 Å². The molecule has 0 unspecified atom stereocenters. The Morgan fingerprint density at radius 2 is 2.14 bits per heavy atom. The predicted octanol–water partition coefficient (Wildman–Crippen LogP) is 3.30. The molecule has 0 saturated carbocycles. The van der Waals surface area contributed by atoms with Crippen LogP contribution in [-0.4, -0.2) is 38.8 Å². The highest BCUT2D eigenvalue weighted by molar-refractivity contribution is 5.53. The van der Waals surface area contributed by atoms with Crippen LogP contribution in [0.1, 0.15) is 49.3 Å². The third kappa shape index (κ3) is 3.94. The van der Waals surface area contributed by atoms with Gasteiger partial charge in [-0.25, -0.2) is 0 Å². The van der Waals surface area contributed by atoms with E-state index in [4.69, 9.17) is 4.74 Å². The minimum Gasteiger partial charge on any atom is -0.459 e. The summed E-state index contributed by atoms with van der Waals surface area (Å²) in [6, 6.07) is 8.75. The van der Waals surface area contributed by atoms with Crippen molar-refractivity contribution in [1.82, 2.24) is 24.9 Å². The van der Waals surface area contributed by atoms with Gasteiger partial charge in [0.25, 0.3) is 0 Å². The van der Waals surface area contributed by atoms with Gasteiger partial charge in [-0.15, -0.1) is 0 Å². The summed E-state index contributed by atoms with van der Waals surface area (Å²) in [4.78, 5) is 9.32. The van der Waals surface area contributed by atoms with Gasteiger partial charge in [-0.2, -0.15) is 19.6 Å². The molecule has 1 aromatic carbocycles. The molecule has 2 N–H and O–H groups in total. The van der Waals surface area contributed by atoms with E-state index < -0.39 is 0 Å². The molecule has 7 heteroatoms. The zero-order valence-electron chi connectivity index (χ0n) is 16.8. The van der Waals surface area contributed by atoms with Gasteiger partial charge in [-0.3, -0.25) is 0 Å². The highest BCUT2D eigenvalue weighted by atomic mass is 16.5. The summed E-state index contributed by atoms with van der Waals surface area (Å²) >= 11 is 0. The van der Waals surface area contributed by atoms with Gasteiger partial charge >= 0.3 is 6.01 Å². The quantitative estimate of drug-likeness (QED) is 0.683. The number of piperidine rings is 1. The van der Waals surface area contributed by atoms with E-state index >= 15 is 0 Å². The summed E-state index contributed by atoms with van der Waals surface area (Å²) in [5, 5.41) is 11.3. The van der Waals surface area contributed by atoms with Gasteiger partial charge in [0.05, 0.1) is 6.20 Å². The van der Waals surface area contributed by atoms with Crippen molar-refractivity contribution in [3.05, 3.63) is 47.2 Å². The molecule has 1 saturated heterocycles. The van der Waals surface area contributed by atoms with Crippen LogP contribution >= 0.6 is 0 Å². The van der Waals surface area contributed by atoms with E-state index in [1.165, 1.54) is 11.1 Å². The van der Waals surface area contributed by atoms with Gasteiger partial charge in [-0.1, -0.05) is 38.1 Å². The number of ether oxygens (including phenoxy) is 1. The Kier molecular flexibility index (Phi) is 5.43. The number of hydrogen-bond acceptors (Lipinski definition) is 6. The lowest BCUT2D eigenvalue weighted by Crippen LogP contribution is -2.37. The topological polar surface area (TPSA) is 76.4 Å². The number of nitrogens with zero attached hydrogens (tertiary/aromatic N) is 4. The largest absolute Gasteiger partial charge is 0.459 e. The molecular weight excluding hydrogens is 352 g/mol. The summed E-state index contributed by atoms with van der Waals surface area (Å²) < 4.78 is 7.90. The maximum Gasteiger partial charge on any atom is 0.322 e. The molecule has 3 aromatic rings. The molecule has 4 rings (SSSR count). The van der Waals surface area contributed by atoms with Gasteiger partial charge in [0, 0.05) is 18.7 Å². The first kappa shape index (κ1) is 18.7. The molecule has 0 bridgehead atoms. The minimum absolute atomic E-state index is 0.103. The maximum absolute atomic E-state index is 6.12. The van der Waals surface area contributed by atoms with Gasteiger partial charge in [0.15, 0.2) is 5.65 Å². The van der Waals surface area contributed by atoms with Gasteiger partial charge in [0.1, 0.15) is 6.10 Å². The molecule has 1 atom stereocenters. The first-order valence-electron chi connectivity index (χ1n) is 10.0. The Hall–Kier alpha value is -2.67. The first-order chi connectivity index (χ1) is 13.6. The van der Waals surface area contributed by atoms with Crippen molar-refractivity contribution in [2.45, 2.75) is 52.2 Å². The molecule has 3 heterocycles. The fraction of sp³-hybridized carbons (Fsp3) is 0.476. The molecule has 2 aromatic heterocycles. The second kappa shape index (κ2) is 8.14. The zero-order chi connectivity index (χ0) is 19.5. The average Bonchev–Trinajstić information content (AvgIpc) is 3.12. The summed E-state index contributed by atoms with van der Waals surface area (Å²) in [6.07, 6.45) is 4.10. The third-order valence-corrected chi connectivity index (χ3v) is 5.22. The first-order valence-corrected chi connectivity index (χ1v) is 10.0. The Labute approximate surface area is 165 Å². The van der Waals surface area contributed by atoms with E-state index in [2.05, 4.69) is 64.7 Å². The zero-order valence-corrected chi connectivity index (χ0v) is 16.8. The highest BCUT2D eigenvalue weighted by Gasteiger charge is 2.20. The summed E-state index contributed by atoms with van der Waals surface area (Å²) in [6.45, 7) is 8.94. The molecule has 28 heavy (non-hydrogen) atoms. The van der Waals surface area contributed by atoms with E-state index in [1.54, 1.807) is 4.52 Å². The Morgan fingerprint density at radius 1 is 1.29 bits per heavy atom. The number of nitrogens with one attached hydrogen (secondary N) is 2. The molecule has 0 aliphatic carbocycles. The molecule has 1 aliphatic rings. The molecule has 0 spiro atoms. The lowest BCUT2D eigenvalue weighted by atomic mass is 10.1. The fourth-order valence-electron chi connectivity index (χ4n) is 3.50. The minimum atomic E-state index is 0.103.